The molecule has 0 aromatic heterocycles. The van der Waals surface area contributed by atoms with E-state index in [9.17, 15) is 9.59 Å². The molecule has 1 aromatic carbocycles. The summed E-state index contributed by atoms with van der Waals surface area (Å²) < 4.78 is 6.06. The number of esters is 1. The second-order valence-electron chi connectivity index (χ2n) is 3.89. The zero-order valence-corrected chi connectivity index (χ0v) is 12.2. The maximum absolute atomic E-state index is 11.6. The van der Waals surface area contributed by atoms with Crippen LogP contribution in [-0.4, -0.2) is 22.3 Å². The monoisotopic (exact) mass is 342 g/mol. The summed E-state index contributed by atoms with van der Waals surface area (Å²) in [5.74, 6) is -0.804. The first kappa shape index (κ1) is 14.1. The SMILES string of the molecule is NC1=NC(=O)C(CC(=O)OCc2ccc(Br)cc2)S1. The lowest BCUT2D eigenvalue weighted by molar-refractivity contribution is -0.145. The van der Waals surface area contributed by atoms with Gasteiger partial charge >= 0.3 is 5.97 Å². The Kier molecular flexibility index (Phi) is 4.60. The first-order valence-corrected chi connectivity index (χ1v) is 7.16. The van der Waals surface area contributed by atoms with Crippen LogP contribution in [0.3, 0.4) is 0 Å². The van der Waals surface area contributed by atoms with Gasteiger partial charge in [-0.2, -0.15) is 4.99 Å². The molecular formula is C12H11BrN2O3S. The fraction of sp³-hybridized carbons (Fsp3) is 0.250. The van der Waals surface area contributed by atoms with Gasteiger partial charge in [0.05, 0.1) is 6.42 Å². The Labute approximate surface area is 122 Å². The van der Waals surface area contributed by atoms with Crippen LogP contribution in [0.15, 0.2) is 33.7 Å². The first-order chi connectivity index (χ1) is 9.04. The summed E-state index contributed by atoms with van der Waals surface area (Å²) in [6.45, 7) is 0.189. The minimum absolute atomic E-state index is 0.00969. The molecular weight excluding hydrogens is 332 g/mol. The molecule has 100 valence electrons. The summed E-state index contributed by atoms with van der Waals surface area (Å²) in [6, 6.07) is 7.45. The molecule has 1 aliphatic rings. The molecule has 7 heteroatoms. The summed E-state index contributed by atoms with van der Waals surface area (Å²) in [7, 11) is 0. The van der Waals surface area contributed by atoms with Crippen molar-refractivity contribution in [3.8, 4) is 0 Å². The molecule has 1 amide bonds. The average Bonchev–Trinajstić information content (AvgIpc) is 2.67. The molecule has 19 heavy (non-hydrogen) atoms. The van der Waals surface area contributed by atoms with Crippen LogP contribution in [0.1, 0.15) is 12.0 Å². The third-order valence-corrected chi connectivity index (χ3v) is 3.94. The molecule has 0 saturated heterocycles. The lowest BCUT2D eigenvalue weighted by Gasteiger charge is -2.07. The minimum Gasteiger partial charge on any atom is -0.461 e. The Hall–Kier alpha value is -1.34. The summed E-state index contributed by atoms with van der Waals surface area (Å²) in [6.07, 6.45) is -0.00969. The Bertz CT molecular complexity index is 530. The van der Waals surface area contributed by atoms with E-state index in [-0.39, 0.29) is 24.1 Å². The number of nitrogens with two attached hydrogens (primary N) is 1. The molecule has 0 radical (unpaired) electrons. The van der Waals surface area contributed by atoms with Crippen LogP contribution in [0.2, 0.25) is 0 Å². The molecule has 1 heterocycles. The van der Waals surface area contributed by atoms with Crippen LogP contribution in [-0.2, 0) is 20.9 Å². The van der Waals surface area contributed by atoms with E-state index in [0.717, 1.165) is 21.8 Å². The third-order valence-electron chi connectivity index (χ3n) is 2.42. The van der Waals surface area contributed by atoms with E-state index in [0.29, 0.717) is 0 Å². The number of benzene rings is 1. The standard InChI is InChI=1S/C12H11BrN2O3S/c13-8-3-1-7(2-4-8)6-18-10(16)5-9-11(17)15-12(14)19-9/h1-4,9H,5-6H2,(H2,14,15,17). The number of amidine groups is 1. The van der Waals surface area contributed by atoms with E-state index in [1.165, 1.54) is 0 Å². The fourth-order valence-corrected chi connectivity index (χ4v) is 2.56. The highest BCUT2D eigenvalue weighted by molar-refractivity contribution is 9.10. The molecule has 5 nitrogen and oxygen atoms in total. The predicted octanol–water partition coefficient (Wildman–Crippen LogP) is 1.84. The Morgan fingerprint density at radius 3 is 2.68 bits per heavy atom. The van der Waals surface area contributed by atoms with Gasteiger partial charge in [-0.05, 0) is 17.7 Å². The molecule has 0 spiro atoms. The molecule has 1 unspecified atom stereocenters. The zero-order chi connectivity index (χ0) is 13.8. The van der Waals surface area contributed by atoms with Gasteiger partial charge in [0.2, 0.25) is 0 Å². The van der Waals surface area contributed by atoms with E-state index in [1.54, 1.807) is 0 Å². The second-order valence-corrected chi connectivity index (χ2v) is 6.02. The maximum atomic E-state index is 11.6. The summed E-state index contributed by atoms with van der Waals surface area (Å²) in [4.78, 5) is 26.5. The van der Waals surface area contributed by atoms with Crippen LogP contribution in [0, 0.1) is 0 Å². The van der Waals surface area contributed by atoms with Gasteiger partial charge in [0, 0.05) is 4.47 Å². The van der Waals surface area contributed by atoms with Gasteiger partial charge in [-0.15, -0.1) is 0 Å². The Morgan fingerprint density at radius 2 is 2.11 bits per heavy atom. The number of nitrogens with zero attached hydrogens (tertiary/aromatic N) is 1. The molecule has 0 saturated carbocycles. The number of aliphatic imine (C=N–C) groups is 1. The topological polar surface area (TPSA) is 81.8 Å². The van der Waals surface area contributed by atoms with E-state index in [1.807, 2.05) is 24.3 Å². The van der Waals surface area contributed by atoms with E-state index in [2.05, 4.69) is 20.9 Å². The van der Waals surface area contributed by atoms with Crippen molar-refractivity contribution in [2.45, 2.75) is 18.3 Å². The van der Waals surface area contributed by atoms with Crippen LogP contribution < -0.4 is 5.73 Å². The average molecular weight is 343 g/mol. The molecule has 1 aliphatic heterocycles. The van der Waals surface area contributed by atoms with Gasteiger partial charge in [-0.1, -0.05) is 39.8 Å². The number of hydrogen-bond acceptors (Lipinski definition) is 5. The lowest BCUT2D eigenvalue weighted by atomic mass is 10.2. The van der Waals surface area contributed by atoms with Crippen molar-refractivity contribution >= 4 is 44.7 Å². The van der Waals surface area contributed by atoms with Crippen molar-refractivity contribution in [1.29, 1.82) is 0 Å². The fourth-order valence-electron chi connectivity index (χ4n) is 1.49. The van der Waals surface area contributed by atoms with E-state index in [4.69, 9.17) is 10.5 Å². The smallest absolute Gasteiger partial charge is 0.307 e. The van der Waals surface area contributed by atoms with Crippen molar-refractivity contribution in [2.24, 2.45) is 10.7 Å². The van der Waals surface area contributed by atoms with Crippen LogP contribution in [0.4, 0.5) is 0 Å². The molecule has 1 atom stereocenters. The Morgan fingerprint density at radius 1 is 1.42 bits per heavy atom. The number of hydrogen-bond donors (Lipinski definition) is 1. The highest BCUT2D eigenvalue weighted by atomic mass is 79.9. The predicted molar refractivity (Wildman–Crippen MR) is 76.6 cm³/mol. The second kappa shape index (κ2) is 6.21. The maximum Gasteiger partial charge on any atom is 0.307 e. The first-order valence-electron chi connectivity index (χ1n) is 5.49. The van der Waals surface area contributed by atoms with Crippen molar-refractivity contribution in [2.75, 3.05) is 0 Å². The van der Waals surface area contributed by atoms with Crippen molar-refractivity contribution in [3.05, 3.63) is 34.3 Å². The summed E-state index contributed by atoms with van der Waals surface area (Å²) in [5.41, 5.74) is 6.29. The van der Waals surface area contributed by atoms with Gasteiger partial charge < -0.3 is 10.5 Å². The quantitative estimate of drug-likeness (QED) is 0.844. The number of halogens is 1. The van der Waals surface area contributed by atoms with Crippen LogP contribution >= 0.6 is 27.7 Å². The highest BCUT2D eigenvalue weighted by Gasteiger charge is 2.29. The molecule has 0 fully saturated rings. The van der Waals surface area contributed by atoms with Gasteiger partial charge in [0.25, 0.3) is 5.91 Å². The normalized spacial score (nSPS) is 18.3. The van der Waals surface area contributed by atoms with Gasteiger partial charge in [-0.3, -0.25) is 9.59 Å². The van der Waals surface area contributed by atoms with Crippen molar-refractivity contribution in [3.63, 3.8) is 0 Å². The van der Waals surface area contributed by atoms with Crippen LogP contribution in [0.25, 0.3) is 0 Å². The van der Waals surface area contributed by atoms with E-state index < -0.39 is 11.2 Å². The number of carbonyl (C=O) groups is 2. The van der Waals surface area contributed by atoms with Crippen molar-refractivity contribution < 1.29 is 14.3 Å². The molecule has 2 rings (SSSR count). The van der Waals surface area contributed by atoms with Gasteiger partial charge in [-0.25, -0.2) is 0 Å². The number of ether oxygens (including phenoxy) is 1. The number of amides is 1. The number of thioether (sulfide) groups is 1. The largest absolute Gasteiger partial charge is 0.461 e. The summed E-state index contributed by atoms with van der Waals surface area (Å²) >= 11 is 4.42. The highest BCUT2D eigenvalue weighted by Crippen LogP contribution is 2.23. The number of carbonyl (C=O) groups excluding carboxylic acids is 2. The lowest BCUT2D eigenvalue weighted by Crippen LogP contribution is -2.18. The van der Waals surface area contributed by atoms with Crippen LogP contribution in [0.5, 0.6) is 0 Å². The molecule has 2 N–H and O–H groups in total. The van der Waals surface area contributed by atoms with Gasteiger partial charge in [0.1, 0.15) is 11.9 Å². The molecule has 1 aromatic rings. The van der Waals surface area contributed by atoms with Gasteiger partial charge in [0.15, 0.2) is 5.17 Å². The molecule has 0 bridgehead atoms. The summed E-state index contributed by atoms with van der Waals surface area (Å²) in [5, 5.41) is -0.340. The molecule has 0 aliphatic carbocycles. The zero-order valence-electron chi connectivity index (χ0n) is 9.84. The van der Waals surface area contributed by atoms with E-state index >= 15 is 0 Å². The third kappa shape index (κ3) is 4.07. The van der Waals surface area contributed by atoms with Crippen molar-refractivity contribution in [1.82, 2.24) is 0 Å². The minimum atomic E-state index is -0.544. The number of rotatable bonds is 4. The Balaban J connectivity index is 1.79.